The summed E-state index contributed by atoms with van der Waals surface area (Å²) in [6.07, 6.45) is 0. The Kier molecular flexibility index (Phi) is 5.35. The number of aliphatic hydroxyl groups is 1. The Morgan fingerprint density at radius 2 is 2.05 bits per heavy atom. The van der Waals surface area contributed by atoms with Gasteiger partial charge in [-0.25, -0.2) is 8.42 Å². The first kappa shape index (κ1) is 15.7. The second-order valence-corrected chi connectivity index (χ2v) is 7.66. The molecule has 1 heterocycles. The van der Waals surface area contributed by atoms with Gasteiger partial charge >= 0.3 is 0 Å². The summed E-state index contributed by atoms with van der Waals surface area (Å²) < 4.78 is 26.4. The SMILES string of the molecule is O=S(=O)(c1ccc(C#CCO)cc1Cl)N1CCSCC1. The van der Waals surface area contributed by atoms with E-state index in [4.69, 9.17) is 16.7 Å². The Balaban J connectivity index is 2.32. The summed E-state index contributed by atoms with van der Waals surface area (Å²) in [5.74, 6) is 6.80. The Morgan fingerprint density at radius 1 is 1.35 bits per heavy atom. The van der Waals surface area contributed by atoms with Crippen LogP contribution in [0.4, 0.5) is 0 Å². The van der Waals surface area contributed by atoms with Gasteiger partial charge in [-0.1, -0.05) is 23.4 Å². The molecule has 1 saturated heterocycles. The molecule has 0 bridgehead atoms. The normalized spacial score (nSPS) is 16.5. The maximum atomic E-state index is 12.5. The van der Waals surface area contributed by atoms with Crippen molar-refractivity contribution >= 4 is 33.4 Å². The Morgan fingerprint density at radius 3 is 2.65 bits per heavy atom. The Labute approximate surface area is 128 Å². The monoisotopic (exact) mass is 331 g/mol. The lowest BCUT2D eigenvalue weighted by Crippen LogP contribution is -2.37. The van der Waals surface area contributed by atoms with Crippen molar-refractivity contribution in [3.05, 3.63) is 28.8 Å². The molecule has 0 saturated carbocycles. The van der Waals surface area contributed by atoms with Crippen LogP contribution in [0.1, 0.15) is 5.56 Å². The van der Waals surface area contributed by atoms with Gasteiger partial charge in [0.2, 0.25) is 10.0 Å². The molecule has 2 rings (SSSR count). The fourth-order valence-corrected chi connectivity index (χ4v) is 4.95. The van der Waals surface area contributed by atoms with Crippen LogP contribution in [-0.2, 0) is 10.0 Å². The molecule has 1 aliphatic heterocycles. The first-order chi connectivity index (χ1) is 9.55. The molecule has 1 aromatic rings. The number of nitrogens with zero attached hydrogens (tertiary/aromatic N) is 1. The first-order valence-electron chi connectivity index (χ1n) is 6.03. The van der Waals surface area contributed by atoms with Crippen LogP contribution in [0.25, 0.3) is 0 Å². The van der Waals surface area contributed by atoms with Gasteiger partial charge in [0.25, 0.3) is 0 Å². The number of aliphatic hydroxyl groups excluding tert-OH is 1. The first-order valence-corrected chi connectivity index (χ1v) is 9.00. The number of thioether (sulfide) groups is 1. The third-order valence-electron chi connectivity index (χ3n) is 2.83. The molecule has 0 radical (unpaired) electrons. The molecule has 0 amide bonds. The fraction of sp³-hybridized carbons (Fsp3) is 0.385. The summed E-state index contributed by atoms with van der Waals surface area (Å²) in [5.41, 5.74) is 0.581. The molecule has 108 valence electrons. The van der Waals surface area contributed by atoms with Gasteiger partial charge in [-0.05, 0) is 18.2 Å². The largest absolute Gasteiger partial charge is 0.384 e. The van der Waals surface area contributed by atoms with E-state index in [0.717, 1.165) is 11.5 Å². The van der Waals surface area contributed by atoms with Gasteiger partial charge in [-0.2, -0.15) is 16.1 Å². The van der Waals surface area contributed by atoms with Crippen molar-refractivity contribution in [2.24, 2.45) is 0 Å². The van der Waals surface area contributed by atoms with Gasteiger partial charge in [0, 0.05) is 30.2 Å². The molecular formula is C13H14ClNO3S2. The second-order valence-electron chi connectivity index (χ2n) is 4.12. The molecule has 1 aromatic carbocycles. The zero-order valence-electron chi connectivity index (χ0n) is 10.7. The van der Waals surface area contributed by atoms with Crippen molar-refractivity contribution in [1.29, 1.82) is 0 Å². The summed E-state index contributed by atoms with van der Waals surface area (Å²) in [5, 5.41) is 8.80. The van der Waals surface area contributed by atoms with Crippen LogP contribution in [0.15, 0.2) is 23.1 Å². The molecule has 1 fully saturated rings. The molecule has 1 aliphatic rings. The van der Waals surface area contributed by atoms with E-state index < -0.39 is 10.0 Å². The zero-order chi connectivity index (χ0) is 14.6. The van der Waals surface area contributed by atoms with E-state index in [1.165, 1.54) is 16.4 Å². The molecule has 7 heteroatoms. The minimum Gasteiger partial charge on any atom is -0.384 e. The number of hydrogen-bond acceptors (Lipinski definition) is 4. The molecule has 0 unspecified atom stereocenters. The van der Waals surface area contributed by atoms with Crippen LogP contribution >= 0.6 is 23.4 Å². The van der Waals surface area contributed by atoms with E-state index in [-0.39, 0.29) is 16.5 Å². The van der Waals surface area contributed by atoms with Gasteiger partial charge in [0.05, 0.1) is 5.02 Å². The van der Waals surface area contributed by atoms with Crippen molar-refractivity contribution in [3.63, 3.8) is 0 Å². The van der Waals surface area contributed by atoms with Crippen LogP contribution in [0.3, 0.4) is 0 Å². The van der Waals surface area contributed by atoms with Crippen molar-refractivity contribution in [3.8, 4) is 11.8 Å². The highest BCUT2D eigenvalue weighted by atomic mass is 35.5. The molecule has 20 heavy (non-hydrogen) atoms. The van der Waals surface area contributed by atoms with Crippen molar-refractivity contribution in [2.45, 2.75) is 4.90 Å². The van der Waals surface area contributed by atoms with Gasteiger partial charge in [-0.15, -0.1) is 0 Å². The summed E-state index contributed by atoms with van der Waals surface area (Å²) in [6, 6.07) is 4.58. The van der Waals surface area contributed by atoms with Crippen molar-refractivity contribution < 1.29 is 13.5 Å². The lowest BCUT2D eigenvalue weighted by molar-refractivity contribution is 0.350. The average molecular weight is 332 g/mol. The summed E-state index contributed by atoms with van der Waals surface area (Å²) >= 11 is 7.82. The maximum Gasteiger partial charge on any atom is 0.244 e. The number of rotatable bonds is 2. The zero-order valence-corrected chi connectivity index (χ0v) is 13.1. The minimum absolute atomic E-state index is 0.112. The van der Waals surface area contributed by atoms with Gasteiger partial charge in [-0.3, -0.25) is 0 Å². The Hall–Kier alpha value is -0.710. The fourth-order valence-electron chi connectivity index (χ4n) is 1.86. The van der Waals surface area contributed by atoms with Gasteiger partial charge < -0.3 is 5.11 Å². The topological polar surface area (TPSA) is 57.6 Å². The maximum absolute atomic E-state index is 12.5. The quantitative estimate of drug-likeness (QED) is 0.833. The highest BCUT2D eigenvalue weighted by molar-refractivity contribution is 7.99. The van der Waals surface area contributed by atoms with Crippen LogP contribution in [0.2, 0.25) is 5.02 Å². The highest BCUT2D eigenvalue weighted by Crippen LogP contribution is 2.27. The number of sulfonamides is 1. The summed E-state index contributed by atoms with van der Waals surface area (Å²) in [7, 11) is -3.54. The van der Waals surface area contributed by atoms with Crippen LogP contribution in [-0.4, -0.2) is 49.0 Å². The second kappa shape index (κ2) is 6.83. The molecule has 4 nitrogen and oxygen atoms in total. The lowest BCUT2D eigenvalue weighted by atomic mass is 10.2. The van der Waals surface area contributed by atoms with Crippen molar-refractivity contribution in [1.82, 2.24) is 4.31 Å². The predicted octanol–water partition coefficient (Wildman–Crippen LogP) is 1.42. The standard InChI is InChI=1S/C13H14ClNO3S2/c14-12-10-11(2-1-7-16)3-4-13(12)20(17,18)15-5-8-19-9-6-15/h3-4,10,16H,5-9H2. The molecule has 0 spiro atoms. The number of halogens is 1. The highest BCUT2D eigenvalue weighted by Gasteiger charge is 2.27. The molecule has 0 aromatic heterocycles. The van der Waals surface area contributed by atoms with E-state index >= 15 is 0 Å². The smallest absolute Gasteiger partial charge is 0.244 e. The van der Waals surface area contributed by atoms with E-state index in [0.29, 0.717) is 18.7 Å². The van der Waals surface area contributed by atoms with E-state index in [1.807, 2.05) is 0 Å². The average Bonchev–Trinajstić information content (AvgIpc) is 2.46. The summed E-state index contributed by atoms with van der Waals surface area (Å²) in [4.78, 5) is 0.112. The molecule has 1 N–H and O–H groups in total. The molecule has 0 atom stereocenters. The predicted molar refractivity (Wildman–Crippen MR) is 81.5 cm³/mol. The van der Waals surface area contributed by atoms with Crippen LogP contribution in [0, 0.1) is 11.8 Å². The van der Waals surface area contributed by atoms with Crippen LogP contribution in [0.5, 0.6) is 0 Å². The number of benzene rings is 1. The lowest BCUT2D eigenvalue weighted by Gasteiger charge is -2.26. The van der Waals surface area contributed by atoms with Gasteiger partial charge in [0.1, 0.15) is 11.5 Å². The Bertz CT molecular complexity index is 643. The van der Waals surface area contributed by atoms with Gasteiger partial charge in [0.15, 0.2) is 0 Å². The molecular weight excluding hydrogens is 318 g/mol. The number of hydrogen-bond donors (Lipinski definition) is 1. The van der Waals surface area contributed by atoms with Crippen LogP contribution < -0.4 is 0 Å². The summed E-state index contributed by atoms with van der Waals surface area (Å²) in [6.45, 7) is 0.772. The van der Waals surface area contributed by atoms with Crippen molar-refractivity contribution in [2.75, 3.05) is 31.2 Å². The minimum atomic E-state index is -3.54. The third kappa shape index (κ3) is 3.48. The third-order valence-corrected chi connectivity index (χ3v) is 6.16. The van der Waals surface area contributed by atoms with E-state index in [2.05, 4.69) is 11.8 Å². The molecule has 0 aliphatic carbocycles. The van der Waals surface area contributed by atoms with E-state index in [9.17, 15) is 8.42 Å². The van der Waals surface area contributed by atoms with E-state index in [1.54, 1.807) is 17.8 Å².